The van der Waals surface area contributed by atoms with Gasteiger partial charge in [0.15, 0.2) is 0 Å². The van der Waals surface area contributed by atoms with E-state index in [-0.39, 0.29) is 5.66 Å². The first-order valence-electron chi connectivity index (χ1n) is 30.7. The van der Waals surface area contributed by atoms with Crippen molar-refractivity contribution in [2.24, 2.45) is 0 Å². The highest BCUT2D eigenvalue weighted by molar-refractivity contribution is 7.76. The van der Waals surface area contributed by atoms with Crippen LogP contribution in [-0.4, -0.2) is 29.6 Å². The van der Waals surface area contributed by atoms with Gasteiger partial charge in [-0.2, -0.15) is 0 Å². The minimum absolute atomic E-state index is 0.222. The lowest BCUT2D eigenvalue weighted by molar-refractivity contribution is -0.137. The Bertz CT molecular complexity index is 999. The molecule has 1 rings (SSSR count). The van der Waals surface area contributed by atoms with Crippen LogP contribution in [0.2, 0.25) is 0 Å². The van der Waals surface area contributed by atoms with Gasteiger partial charge in [0.25, 0.3) is 0 Å². The van der Waals surface area contributed by atoms with Crippen LogP contribution in [0, 0.1) is 0 Å². The van der Waals surface area contributed by atoms with Crippen molar-refractivity contribution in [2.75, 3.05) is 18.5 Å². The van der Waals surface area contributed by atoms with Crippen molar-refractivity contribution < 1.29 is 9.90 Å². The molecule has 1 unspecified atom stereocenters. The Labute approximate surface area is 416 Å². The topological polar surface area (TPSA) is 37.3 Å². The smallest absolute Gasteiger partial charge is 0.307 e. The molecule has 0 aromatic heterocycles. The van der Waals surface area contributed by atoms with Crippen molar-refractivity contribution in [3.05, 3.63) is 35.9 Å². The van der Waals surface area contributed by atoms with Crippen molar-refractivity contribution in [3.63, 3.8) is 0 Å². The van der Waals surface area contributed by atoms with Gasteiger partial charge in [-0.1, -0.05) is 321 Å². The molecular weight excluding hydrogens is 820 g/mol. The Morgan fingerprint density at radius 2 is 0.530 bits per heavy atom. The highest BCUT2D eigenvalue weighted by Gasteiger charge is 2.46. The summed E-state index contributed by atoms with van der Waals surface area (Å²) in [4.78, 5) is 12.7. The Morgan fingerprint density at radius 1 is 0.333 bits per heavy atom. The molecule has 66 heavy (non-hydrogen) atoms. The van der Waals surface area contributed by atoms with E-state index in [9.17, 15) is 9.90 Å². The fourth-order valence-corrected chi connectivity index (χ4v) is 16.7. The van der Waals surface area contributed by atoms with Gasteiger partial charge in [0.2, 0.25) is 0 Å². The zero-order valence-corrected chi connectivity index (χ0v) is 46.4. The number of hydrogen-bond donors (Lipinski definition) is 1. The van der Waals surface area contributed by atoms with Crippen LogP contribution in [-0.2, 0) is 4.79 Å². The van der Waals surface area contributed by atoms with Crippen LogP contribution in [0.4, 0.5) is 0 Å². The number of benzene rings is 1. The van der Waals surface area contributed by atoms with Gasteiger partial charge in [-0.3, -0.25) is 4.79 Å². The second-order valence-electron chi connectivity index (χ2n) is 21.8. The number of carboxylic acid groups (broad SMARTS) is 1. The molecule has 0 spiro atoms. The van der Waals surface area contributed by atoms with E-state index in [4.69, 9.17) is 0 Å². The van der Waals surface area contributed by atoms with Gasteiger partial charge in [-0.15, -0.1) is 0 Å². The number of hydrogen-bond acceptors (Lipinski definition) is 1. The number of carbonyl (C=O) groups is 1. The SMILES string of the molecule is CCCCCCCCCCCCCCCCCC[P+](CCCCCCCCCCCCCCCCCC)(CCCCCCCCCCCCCCCCCC)C(CC(=O)O)c1ccccc1. The molecule has 0 heterocycles. The van der Waals surface area contributed by atoms with Crippen molar-refractivity contribution in [3.8, 4) is 0 Å². The maximum absolute atomic E-state index is 12.7. The molecule has 1 N–H and O–H groups in total. The number of aliphatic carboxylic acids is 1. The third kappa shape index (κ3) is 39.9. The van der Waals surface area contributed by atoms with Crippen LogP contribution >= 0.6 is 7.26 Å². The van der Waals surface area contributed by atoms with Crippen LogP contribution in [0.1, 0.15) is 347 Å². The van der Waals surface area contributed by atoms with E-state index in [1.54, 1.807) is 0 Å². The molecule has 0 saturated heterocycles. The van der Waals surface area contributed by atoms with Crippen molar-refractivity contribution in [1.82, 2.24) is 0 Å². The lowest BCUT2D eigenvalue weighted by atomic mass is 10.0. The predicted molar refractivity (Wildman–Crippen MR) is 302 cm³/mol. The van der Waals surface area contributed by atoms with Gasteiger partial charge in [0.1, 0.15) is 5.66 Å². The Kier molecular flexibility index (Phi) is 48.3. The molecule has 0 bridgehead atoms. The lowest BCUT2D eigenvalue weighted by Crippen LogP contribution is -2.20. The molecule has 1 atom stereocenters. The average molecular weight is 941 g/mol. The summed E-state index contributed by atoms with van der Waals surface area (Å²) in [6.45, 7) is 6.93. The van der Waals surface area contributed by atoms with E-state index in [2.05, 4.69) is 51.1 Å². The first-order valence-corrected chi connectivity index (χ1v) is 33.1. The average Bonchev–Trinajstić information content (AvgIpc) is 3.32. The number of unbranched alkanes of at least 4 members (excludes halogenated alkanes) is 45. The van der Waals surface area contributed by atoms with Crippen LogP contribution in [0.15, 0.2) is 30.3 Å². The highest BCUT2D eigenvalue weighted by atomic mass is 31.2. The van der Waals surface area contributed by atoms with Gasteiger partial charge >= 0.3 is 5.97 Å². The van der Waals surface area contributed by atoms with E-state index in [1.807, 2.05) is 0 Å². The zero-order valence-electron chi connectivity index (χ0n) is 45.5. The maximum atomic E-state index is 12.7. The summed E-state index contributed by atoms with van der Waals surface area (Å²) < 4.78 is 0. The summed E-state index contributed by atoms with van der Waals surface area (Å²) in [6, 6.07) is 11.1. The van der Waals surface area contributed by atoms with Crippen LogP contribution in [0.5, 0.6) is 0 Å². The Balaban J connectivity index is 2.69. The van der Waals surface area contributed by atoms with Crippen LogP contribution in [0.25, 0.3) is 0 Å². The van der Waals surface area contributed by atoms with Crippen molar-refractivity contribution >= 4 is 13.2 Å². The van der Waals surface area contributed by atoms with Gasteiger partial charge < -0.3 is 5.11 Å². The molecule has 1 aromatic rings. The van der Waals surface area contributed by atoms with Crippen molar-refractivity contribution in [1.29, 1.82) is 0 Å². The van der Waals surface area contributed by atoms with Gasteiger partial charge in [-0.05, 0) is 44.1 Å². The third-order valence-corrected chi connectivity index (χ3v) is 21.0. The number of rotatable bonds is 55. The predicted octanol–water partition coefficient (Wildman–Crippen LogP) is 23.0. The van der Waals surface area contributed by atoms with E-state index in [1.165, 1.54) is 332 Å². The summed E-state index contributed by atoms with van der Waals surface area (Å²) >= 11 is 0. The van der Waals surface area contributed by atoms with E-state index >= 15 is 0 Å². The molecule has 0 radical (unpaired) electrons. The monoisotopic (exact) mass is 940 g/mol. The lowest BCUT2D eigenvalue weighted by Gasteiger charge is -2.35. The van der Waals surface area contributed by atoms with E-state index in [0.29, 0.717) is 6.42 Å². The summed E-state index contributed by atoms with van der Waals surface area (Å²) in [5.41, 5.74) is 1.55. The minimum Gasteiger partial charge on any atom is -0.481 e. The van der Waals surface area contributed by atoms with Gasteiger partial charge in [0.05, 0.1) is 24.9 Å². The second kappa shape index (κ2) is 50.5. The van der Waals surface area contributed by atoms with Crippen molar-refractivity contribution in [2.45, 2.75) is 341 Å². The van der Waals surface area contributed by atoms with Crippen LogP contribution < -0.4 is 0 Å². The fourth-order valence-electron chi connectivity index (χ4n) is 11.2. The summed E-state index contributed by atoms with van der Waals surface area (Å²) in [5, 5.41) is 10.5. The highest BCUT2D eigenvalue weighted by Crippen LogP contribution is 2.72. The molecule has 388 valence electrons. The third-order valence-electron chi connectivity index (χ3n) is 15.6. The molecule has 3 heteroatoms. The molecule has 0 aliphatic rings. The summed E-state index contributed by atoms with van der Waals surface area (Å²) in [5.74, 6) is -0.584. The molecule has 0 aliphatic heterocycles. The first kappa shape index (κ1) is 63.1. The van der Waals surface area contributed by atoms with Gasteiger partial charge in [-0.25, -0.2) is 0 Å². The number of carboxylic acids is 1. The second-order valence-corrected chi connectivity index (χ2v) is 26.2. The quantitative estimate of drug-likeness (QED) is 0.0522. The molecule has 0 fully saturated rings. The normalized spacial score (nSPS) is 12.3. The standard InChI is InChI=1S/C63H119O2P/c1-4-7-10-13-16-19-22-25-28-31-34-37-40-43-46-52-57-66(62(60-63(64)65)61-55-50-49-51-56-61,58-53-47-44-41-38-35-32-29-26-23-20-17-14-11-8-5-2)59-54-48-45-42-39-36-33-30-27-24-21-18-15-12-9-6-3/h49-51,55-56,62H,4-48,52-54,57-60H2,1-3H3/p+1. The molecule has 0 saturated carbocycles. The zero-order chi connectivity index (χ0) is 47.5. The van der Waals surface area contributed by atoms with Crippen LogP contribution in [0.3, 0.4) is 0 Å². The van der Waals surface area contributed by atoms with E-state index < -0.39 is 13.2 Å². The van der Waals surface area contributed by atoms with E-state index in [0.717, 1.165) is 0 Å². The maximum Gasteiger partial charge on any atom is 0.307 e. The fraction of sp³-hybridized carbons (Fsp3) is 0.889. The Hall–Kier alpha value is -0.880. The molecule has 2 nitrogen and oxygen atoms in total. The largest absolute Gasteiger partial charge is 0.481 e. The summed E-state index contributed by atoms with van der Waals surface area (Å²) in [7, 11) is -1.53. The molecule has 0 aliphatic carbocycles. The minimum atomic E-state index is -1.53. The Morgan fingerprint density at radius 3 is 0.727 bits per heavy atom. The van der Waals surface area contributed by atoms with Gasteiger partial charge in [0, 0.05) is 7.26 Å². The first-order chi connectivity index (χ1) is 32.6. The molecule has 0 amide bonds. The molecular formula is C63H120O2P+. The summed E-state index contributed by atoms with van der Waals surface area (Å²) in [6.07, 6.45) is 71.9. The molecule has 1 aromatic carbocycles.